The molecule has 0 amide bonds. The molecule has 0 atom stereocenters. The van der Waals surface area contributed by atoms with Gasteiger partial charge in [-0.1, -0.05) is 54.1 Å². The van der Waals surface area contributed by atoms with Gasteiger partial charge in [0, 0.05) is 23.2 Å². The smallest absolute Gasteiger partial charge is 0.313 e. The van der Waals surface area contributed by atoms with Gasteiger partial charge in [-0.3, -0.25) is 9.59 Å². The number of benzene rings is 2. The zero-order valence-corrected chi connectivity index (χ0v) is 16.4. The molecule has 0 saturated carbocycles. The van der Waals surface area contributed by atoms with Gasteiger partial charge in [0.25, 0.3) is 0 Å². The summed E-state index contributed by atoms with van der Waals surface area (Å²) in [6.07, 6.45) is 5.90. The van der Waals surface area contributed by atoms with Crippen molar-refractivity contribution in [2.24, 2.45) is 0 Å². The molecule has 5 heteroatoms. The molecule has 0 saturated heterocycles. The largest absolute Gasteiger partial charge is 0.481 e. The van der Waals surface area contributed by atoms with Crippen molar-refractivity contribution in [2.45, 2.75) is 18.4 Å². The molecule has 4 nitrogen and oxygen atoms in total. The number of ketones is 1. The van der Waals surface area contributed by atoms with Gasteiger partial charge >= 0.3 is 5.97 Å². The number of aromatic nitrogens is 1. The first-order valence-corrected chi connectivity index (χ1v) is 9.89. The van der Waals surface area contributed by atoms with Crippen molar-refractivity contribution in [1.82, 2.24) is 4.57 Å². The second-order valence-electron chi connectivity index (χ2n) is 6.39. The second kappa shape index (κ2) is 9.24. The highest BCUT2D eigenvalue weighted by molar-refractivity contribution is 8.00. The average Bonchev–Trinajstić information content (AvgIpc) is 3.16. The molecular weight excluding hydrogens is 370 g/mol. The molecule has 142 valence electrons. The van der Waals surface area contributed by atoms with Gasteiger partial charge in [-0.25, -0.2) is 0 Å². The predicted molar refractivity (Wildman–Crippen MR) is 113 cm³/mol. The molecule has 0 aliphatic heterocycles. The van der Waals surface area contributed by atoms with E-state index in [-0.39, 0.29) is 11.5 Å². The number of carboxylic acid groups (broad SMARTS) is 1. The number of aryl methyl sites for hydroxylation is 1. The third-order valence-electron chi connectivity index (χ3n) is 4.23. The molecule has 2 aromatic carbocycles. The minimum Gasteiger partial charge on any atom is -0.481 e. The molecule has 0 bridgehead atoms. The van der Waals surface area contributed by atoms with Gasteiger partial charge in [0.15, 0.2) is 0 Å². The Bertz CT molecular complexity index is 985. The first-order valence-electron chi connectivity index (χ1n) is 8.90. The van der Waals surface area contributed by atoms with Crippen LogP contribution in [0.4, 0.5) is 0 Å². The summed E-state index contributed by atoms with van der Waals surface area (Å²) in [5.41, 5.74) is 3.50. The first-order chi connectivity index (χ1) is 13.5. The van der Waals surface area contributed by atoms with Crippen molar-refractivity contribution in [1.29, 1.82) is 0 Å². The van der Waals surface area contributed by atoms with Gasteiger partial charge in [0.05, 0.1) is 11.4 Å². The maximum Gasteiger partial charge on any atom is 0.313 e. The summed E-state index contributed by atoms with van der Waals surface area (Å²) < 4.78 is 1.93. The van der Waals surface area contributed by atoms with Crippen LogP contribution in [-0.2, 0) is 11.3 Å². The minimum atomic E-state index is -0.823. The molecule has 3 rings (SSSR count). The van der Waals surface area contributed by atoms with Crippen LogP contribution in [0.25, 0.3) is 6.08 Å². The number of carboxylic acids is 1. The summed E-state index contributed by atoms with van der Waals surface area (Å²) >= 11 is 1.30. The van der Waals surface area contributed by atoms with E-state index in [0.717, 1.165) is 16.0 Å². The first kappa shape index (κ1) is 19.7. The molecule has 1 aromatic heterocycles. The molecule has 0 fully saturated rings. The van der Waals surface area contributed by atoms with E-state index >= 15 is 0 Å². The zero-order valence-electron chi connectivity index (χ0n) is 15.5. The number of hydrogen-bond donors (Lipinski definition) is 1. The van der Waals surface area contributed by atoms with Crippen LogP contribution in [0.2, 0.25) is 0 Å². The lowest BCUT2D eigenvalue weighted by molar-refractivity contribution is -0.133. The fourth-order valence-corrected chi connectivity index (χ4v) is 3.37. The second-order valence-corrected chi connectivity index (χ2v) is 7.44. The van der Waals surface area contributed by atoms with Crippen molar-refractivity contribution in [2.75, 3.05) is 5.75 Å². The number of carbonyl (C=O) groups is 2. The van der Waals surface area contributed by atoms with Crippen LogP contribution in [0.15, 0.2) is 77.8 Å². The van der Waals surface area contributed by atoms with Crippen molar-refractivity contribution in [3.8, 4) is 0 Å². The molecule has 0 spiro atoms. The summed E-state index contributed by atoms with van der Waals surface area (Å²) in [5, 5.41) is 8.72. The topological polar surface area (TPSA) is 59.3 Å². The Balaban J connectivity index is 1.64. The lowest BCUT2D eigenvalue weighted by Gasteiger charge is -2.06. The monoisotopic (exact) mass is 391 g/mol. The quantitative estimate of drug-likeness (QED) is 0.437. The van der Waals surface area contributed by atoms with Crippen LogP contribution < -0.4 is 0 Å². The summed E-state index contributed by atoms with van der Waals surface area (Å²) in [4.78, 5) is 24.3. The van der Waals surface area contributed by atoms with Gasteiger partial charge < -0.3 is 9.67 Å². The fraction of sp³-hybridized carbons (Fsp3) is 0.130. The maximum atomic E-state index is 12.7. The molecule has 0 aliphatic carbocycles. The van der Waals surface area contributed by atoms with Crippen LogP contribution >= 0.6 is 11.8 Å². The van der Waals surface area contributed by atoms with Crippen LogP contribution in [-0.4, -0.2) is 27.2 Å². The number of rotatable bonds is 8. The number of hydrogen-bond acceptors (Lipinski definition) is 3. The summed E-state index contributed by atoms with van der Waals surface area (Å²) in [6.45, 7) is 2.59. The minimum absolute atomic E-state index is 0.0122. The van der Waals surface area contributed by atoms with E-state index in [0.29, 0.717) is 17.8 Å². The Hall–Kier alpha value is -3.05. The summed E-state index contributed by atoms with van der Waals surface area (Å²) in [5.74, 6) is -0.754. The highest BCUT2D eigenvalue weighted by Crippen LogP contribution is 2.19. The van der Waals surface area contributed by atoms with Crippen LogP contribution in [0.5, 0.6) is 0 Å². The Morgan fingerprint density at radius 3 is 2.43 bits per heavy atom. The Kier molecular flexibility index (Phi) is 6.50. The third-order valence-corrected chi connectivity index (χ3v) is 5.23. The third kappa shape index (κ3) is 5.24. The highest BCUT2D eigenvalue weighted by Gasteiger charge is 2.12. The van der Waals surface area contributed by atoms with Gasteiger partial charge in [0.1, 0.15) is 0 Å². The Labute approximate surface area is 168 Å². The van der Waals surface area contributed by atoms with Crippen molar-refractivity contribution in [3.63, 3.8) is 0 Å². The van der Waals surface area contributed by atoms with Crippen LogP contribution in [0.3, 0.4) is 0 Å². The number of allylic oxidation sites excluding steroid dienone is 1. The Morgan fingerprint density at radius 2 is 1.75 bits per heavy atom. The molecule has 0 radical (unpaired) electrons. The summed E-state index contributed by atoms with van der Waals surface area (Å²) in [6, 6.07) is 19.0. The molecule has 1 N–H and O–H groups in total. The van der Waals surface area contributed by atoms with E-state index in [4.69, 9.17) is 5.11 Å². The summed E-state index contributed by atoms with van der Waals surface area (Å²) in [7, 11) is 0. The fourth-order valence-electron chi connectivity index (χ4n) is 2.75. The van der Waals surface area contributed by atoms with Gasteiger partial charge in [-0.15, -0.1) is 11.8 Å². The maximum absolute atomic E-state index is 12.7. The van der Waals surface area contributed by atoms with Crippen molar-refractivity contribution < 1.29 is 14.7 Å². The number of aliphatic carboxylic acids is 1. The van der Waals surface area contributed by atoms with Crippen LogP contribution in [0.1, 0.15) is 27.2 Å². The molecule has 1 heterocycles. The number of nitrogens with zero attached hydrogens (tertiary/aromatic N) is 1. The standard InChI is InChI=1S/C23H21NO3S/c1-17-6-10-19(11-7-17)23(27)21-5-3-15-24(21)14-2-4-18-8-12-20(13-9-18)28-16-22(25)26/h2-13,15H,14,16H2,1H3,(H,25,26). The van der Waals surface area contributed by atoms with Crippen LogP contribution in [0, 0.1) is 6.92 Å². The normalized spacial score (nSPS) is 11.0. The van der Waals surface area contributed by atoms with E-state index < -0.39 is 5.97 Å². The Morgan fingerprint density at radius 1 is 1.04 bits per heavy atom. The zero-order chi connectivity index (χ0) is 19.9. The van der Waals surface area contributed by atoms with Gasteiger partial charge in [-0.2, -0.15) is 0 Å². The highest BCUT2D eigenvalue weighted by atomic mass is 32.2. The lowest BCUT2D eigenvalue weighted by Crippen LogP contribution is -2.09. The molecule has 3 aromatic rings. The van der Waals surface area contributed by atoms with Crippen molar-refractivity contribution >= 4 is 29.6 Å². The predicted octanol–water partition coefficient (Wildman–Crippen LogP) is 4.92. The number of carbonyl (C=O) groups excluding carboxylic acids is 1. The molecule has 0 aliphatic rings. The van der Waals surface area contributed by atoms with E-state index in [1.165, 1.54) is 11.8 Å². The average molecular weight is 391 g/mol. The van der Waals surface area contributed by atoms with E-state index in [1.807, 2.05) is 90.5 Å². The van der Waals surface area contributed by atoms with Gasteiger partial charge in [-0.05, 0) is 36.8 Å². The van der Waals surface area contributed by atoms with Crippen molar-refractivity contribution in [3.05, 3.63) is 95.3 Å². The van der Waals surface area contributed by atoms with Gasteiger partial charge in [0.2, 0.25) is 5.78 Å². The number of thioether (sulfide) groups is 1. The van der Waals surface area contributed by atoms with E-state index in [1.54, 1.807) is 0 Å². The molecular formula is C23H21NO3S. The SMILES string of the molecule is Cc1ccc(C(=O)c2cccn2CC=Cc2ccc(SCC(=O)O)cc2)cc1. The molecule has 28 heavy (non-hydrogen) atoms. The van der Waals surface area contributed by atoms with E-state index in [2.05, 4.69) is 0 Å². The van der Waals surface area contributed by atoms with E-state index in [9.17, 15) is 9.59 Å². The lowest BCUT2D eigenvalue weighted by atomic mass is 10.1. The molecule has 0 unspecified atom stereocenters.